The molecule has 0 fully saturated rings. The van der Waals surface area contributed by atoms with Gasteiger partial charge in [-0.1, -0.05) is 58.0 Å². The summed E-state index contributed by atoms with van der Waals surface area (Å²) in [7, 11) is 0. The molecule has 1 heterocycles. The Morgan fingerprint density at radius 3 is 2.07 bits per heavy atom. The fourth-order valence-electron chi connectivity index (χ4n) is 3.60. The molecule has 0 radical (unpaired) electrons. The number of hydrogen-bond acceptors (Lipinski definition) is 4. The Balaban J connectivity index is 2.17. The van der Waals surface area contributed by atoms with Crippen molar-refractivity contribution in [2.45, 2.75) is 39.8 Å². The van der Waals surface area contributed by atoms with E-state index in [-0.39, 0.29) is 18.0 Å². The molecule has 2 unspecified atom stereocenters. The number of carbonyl (C=O) groups excluding carboxylic acids is 1. The topological polar surface area (TPSA) is 48.7 Å². The third kappa shape index (κ3) is 5.44. The number of nitrogens with zero attached hydrogens (tertiary/aromatic N) is 2. The SMILES string of the molecule is CCN(CC)C(CNC(=O)C(c1ccccc1)N(CC)CC)c1ccco1. The van der Waals surface area contributed by atoms with Crippen LogP contribution >= 0.6 is 0 Å². The van der Waals surface area contributed by atoms with Gasteiger partial charge in [0.1, 0.15) is 11.8 Å². The molecule has 0 aliphatic rings. The predicted octanol–water partition coefficient (Wildman–Crippen LogP) is 3.86. The maximum atomic E-state index is 13.2. The Labute approximate surface area is 163 Å². The number of furan rings is 1. The number of rotatable bonds is 11. The lowest BCUT2D eigenvalue weighted by Crippen LogP contribution is -2.44. The summed E-state index contributed by atoms with van der Waals surface area (Å²) in [4.78, 5) is 17.7. The van der Waals surface area contributed by atoms with Crippen molar-refractivity contribution in [2.24, 2.45) is 0 Å². The predicted molar refractivity (Wildman–Crippen MR) is 109 cm³/mol. The molecule has 0 spiro atoms. The molecule has 0 saturated heterocycles. The van der Waals surface area contributed by atoms with Crippen LogP contribution in [0.5, 0.6) is 0 Å². The van der Waals surface area contributed by atoms with Crippen LogP contribution < -0.4 is 5.32 Å². The van der Waals surface area contributed by atoms with Gasteiger partial charge in [-0.25, -0.2) is 0 Å². The highest BCUT2D eigenvalue weighted by atomic mass is 16.3. The summed E-state index contributed by atoms with van der Waals surface area (Å²) in [6.45, 7) is 12.4. The minimum atomic E-state index is -0.282. The lowest BCUT2D eigenvalue weighted by atomic mass is 10.0. The summed E-state index contributed by atoms with van der Waals surface area (Å²) < 4.78 is 5.64. The van der Waals surface area contributed by atoms with Crippen molar-refractivity contribution in [3.05, 3.63) is 60.1 Å². The number of amides is 1. The molecule has 27 heavy (non-hydrogen) atoms. The second-order valence-corrected chi connectivity index (χ2v) is 6.53. The van der Waals surface area contributed by atoms with Gasteiger partial charge >= 0.3 is 0 Å². The highest BCUT2D eigenvalue weighted by Gasteiger charge is 2.28. The molecule has 0 saturated carbocycles. The largest absolute Gasteiger partial charge is 0.468 e. The Kier molecular flexibility index (Phi) is 8.55. The molecule has 1 amide bonds. The molecule has 1 aromatic heterocycles. The lowest BCUT2D eigenvalue weighted by Gasteiger charge is -2.31. The lowest BCUT2D eigenvalue weighted by molar-refractivity contribution is -0.127. The number of benzene rings is 1. The highest BCUT2D eigenvalue weighted by Crippen LogP contribution is 2.23. The van der Waals surface area contributed by atoms with E-state index in [1.807, 2.05) is 42.5 Å². The van der Waals surface area contributed by atoms with E-state index in [0.717, 1.165) is 37.5 Å². The first-order chi connectivity index (χ1) is 13.2. The number of hydrogen-bond donors (Lipinski definition) is 1. The summed E-state index contributed by atoms with van der Waals surface area (Å²) in [6, 6.07) is 13.6. The molecular weight excluding hydrogens is 338 g/mol. The van der Waals surface area contributed by atoms with E-state index in [4.69, 9.17) is 4.42 Å². The van der Waals surface area contributed by atoms with Gasteiger partial charge in [0, 0.05) is 6.54 Å². The summed E-state index contributed by atoms with van der Waals surface area (Å²) in [5.41, 5.74) is 1.02. The van der Waals surface area contributed by atoms with E-state index in [2.05, 4.69) is 42.8 Å². The average molecular weight is 372 g/mol. The first kappa shape index (κ1) is 21.2. The standard InChI is InChI=1S/C22H33N3O2/c1-5-24(6-2)19(20-15-12-16-27-20)17-23-22(26)21(25(7-3)8-4)18-13-10-9-11-14-18/h9-16,19,21H,5-8,17H2,1-4H3,(H,23,26). The van der Waals surface area contributed by atoms with Crippen molar-refractivity contribution in [3.63, 3.8) is 0 Å². The van der Waals surface area contributed by atoms with Crippen LogP contribution in [-0.4, -0.2) is 48.4 Å². The van der Waals surface area contributed by atoms with Gasteiger partial charge in [-0.15, -0.1) is 0 Å². The van der Waals surface area contributed by atoms with Crippen LogP contribution in [0.15, 0.2) is 53.1 Å². The molecule has 1 N–H and O–H groups in total. The van der Waals surface area contributed by atoms with Crippen molar-refractivity contribution in [3.8, 4) is 0 Å². The van der Waals surface area contributed by atoms with Crippen LogP contribution in [0.2, 0.25) is 0 Å². The van der Waals surface area contributed by atoms with Gasteiger partial charge in [-0.05, 0) is 43.9 Å². The molecule has 0 aliphatic carbocycles. The van der Waals surface area contributed by atoms with Crippen LogP contribution in [-0.2, 0) is 4.79 Å². The number of carbonyl (C=O) groups is 1. The van der Waals surface area contributed by atoms with Crippen molar-refractivity contribution < 1.29 is 9.21 Å². The number of nitrogens with one attached hydrogen (secondary N) is 1. The number of likely N-dealkylation sites (N-methyl/N-ethyl adjacent to an activating group) is 2. The van der Waals surface area contributed by atoms with Gasteiger partial charge in [-0.2, -0.15) is 0 Å². The molecule has 5 nitrogen and oxygen atoms in total. The first-order valence-corrected chi connectivity index (χ1v) is 10.00. The van der Waals surface area contributed by atoms with E-state index in [9.17, 15) is 4.79 Å². The fourth-order valence-corrected chi connectivity index (χ4v) is 3.60. The normalized spacial score (nSPS) is 13.7. The summed E-state index contributed by atoms with van der Waals surface area (Å²) in [6.07, 6.45) is 1.69. The minimum Gasteiger partial charge on any atom is -0.468 e. The molecule has 5 heteroatoms. The molecule has 2 atom stereocenters. The van der Waals surface area contributed by atoms with Crippen molar-refractivity contribution in [1.29, 1.82) is 0 Å². The second-order valence-electron chi connectivity index (χ2n) is 6.53. The quantitative estimate of drug-likeness (QED) is 0.652. The van der Waals surface area contributed by atoms with Crippen molar-refractivity contribution >= 4 is 5.91 Å². The molecule has 2 aromatic rings. The van der Waals surface area contributed by atoms with Crippen molar-refractivity contribution in [1.82, 2.24) is 15.1 Å². The smallest absolute Gasteiger partial charge is 0.242 e. The van der Waals surface area contributed by atoms with Crippen molar-refractivity contribution in [2.75, 3.05) is 32.7 Å². The zero-order valence-electron chi connectivity index (χ0n) is 17.0. The van der Waals surface area contributed by atoms with E-state index in [0.29, 0.717) is 6.54 Å². The van der Waals surface area contributed by atoms with E-state index >= 15 is 0 Å². The van der Waals surface area contributed by atoms with Gasteiger partial charge in [0.05, 0.1) is 12.3 Å². The maximum Gasteiger partial charge on any atom is 0.242 e. The van der Waals surface area contributed by atoms with Gasteiger partial charge in [0.15, 0.2) is 0 Å². The molecule has 0 aliphatic heterocycles. The summed E-state index contributed by atoms with van der Waals surface area (Å²) in [5.74, 6) is 0.923. The van der Waals surface area contributed by atoms with Gasteiger partial charge in [-0.3, -0.25) is 14.6 Å². The van der Waals surface area contributed by atoms with Gasteiger partial charge in [0.25, 0.3) is 0 Å². The molecule has 148 valence electrons. The van der Waals surface area contributed by atoms with Crippen LogP contribution in [0.4, 0.5) is 0 Å². The third-order valence-corrected chi connectivity index (χ3v) is 5.14. The zero-order chi connectivity index (χ0) is 19.6. The van der Waals surface area contributed by atoms with Crippen LogP contribution in [0.1, 0.15) is 51.1 Å². The molecule has 0 bridgehead atoms. The molecule has 1 aromatic carbocycles. The Bertz CT molecular complexity index is 649. The minimum absolute atomic E-state index is 0.0343. The average Bonchev–Trinajstić information content (AvgIpc) is 3.24. The van der Waals surface area contributed by atoms with E-state index in [1.165, 1.54) is 0 Å². The van der Waals surface area contributed by atoms with Gasteiger partial charge < -0.3 is 9.73 Å². The second kappa shape index (κ2) is 10.9. The maximum absolute atomic E-state index is 13.2. The summed E-state index contributed by atoms with van der Waals surface area (Å²) >= 11 is 0. The highest BCUT2D eigenvalue weighted by molar-refractivity contribution is 5.83. The monoisotopic (exact) mass is 371 g/mol. The van der Waals surface area contributed by atoms with E-state index in [1.54, 1.807) is 6.26 Å². The molecule has 2 rings (SSSR count). The van der Waals surface area contributed by atoms with Crippen LogP contribution in [0.25, 0.3) is 0 Å². The van der Waals surface area contributed by atoms with Crippen LogP contribution in [0, 0.1) is 0 Å². The first-order valence-electron chi connectivity index (χ1n) is 10.00. The third-order valence-electron chi connectivity index (χ3n) is 5.14. The van der Waals surface area contributed by atoms with Gasteiger partial charge in [0.2, 0.25) is 5.91 Å². The fraction of sp³-hybridized carbons (Fsp3) is 0.500. The van der Waals surface area contributed by atoms with E-state index < -0.39 is 0 Å². The Morgan fingerprint density at radius 2 is 1.56 bits per heavy atom. The van der Waals surface area contributed by atoms with Crippen LogP contribution in [0.3, 0.4) is 0 Å². The Morgan fingerprint density at radius 1 is 0.926 bits per heavy atom. The Hall–Kier alpha value is -2.11. The zero-order valence-corrected chi connectivity index (χ0v) is 17.0. The summed E-state index contributed by atoms with van der Waals surface area (Å²) in [5, 5.41) is 3.19. The molecular formula is C22H33N3O2.